The minimum Gasteiger partial charge on any atom is -0.481 e. The lowest BCUT2D eigenvalue weighted by Crippen LogP contribution is -2.03. The first-order valence-electron chi connectivity index (χ1n) is 9.01. The van der Waals surface area contributed by atoms with Crippen molar-refractivity contribution in [1.82, 2.24) is 9.78 Å². The summed E-state index contributed by atoms with van der Waals surface area (Å²) >= 11 is 18.9. The van der Waals surface area contributed by atoms with Gasteiger partial charge in [-0.25, -0.2) is 4.68 Å². The van der Waals surface area contributed by atoms with Gasteiger partial charge in [-0.1, -0.05) is 40.9 Å². The average molecular weight is 436 g/mol. The van der Waals surface area contributed by atoms with Crippen molar-refractivity contribution in [3.05, 3.63) is 68.3 Å². The van der Waals surface area contributed by atoms with E-state index in [2.05, 4.69) is 0 Å². The van der Waals surface area contributed by atoms with Crippen molar-refractivity contribution in [2.75, 3.05) is 0 Å². The third-order valence-electron chi connectivity index (χ3n) is 4.98. The van der Waals surface area contributed by atoms with E-state index in [0.29, 0.717) is 27.2 Å². The molecule has 1 aromatic heterocycles. The number of hydrogen-bond donors (Lipinski definition) is 1. The van der Waals surface area contributed by atoms with Gasteiger partial charge in [0.25, 0.3) is 0 Å². The van der Waals surface area contributed by atoms with Gasteiger partial charge in [0.05, 0.1) is 28.5 Å². The lowest BCUT2D eigenvalue weighted by atomic mass is 10.0. The summed E-state index contributed by atoms with van der Waals surface area (Å²) < 4.78 is 1.81. The van der Waals surface area contributed by atoms with Gasteiger partial charge in [0.15, 0.2) is 0 Å². The second-order valence-corrected chi connectivity index (χ2v) is 8.11. The molecule has 0 aliphatic heterocycles. The molecule has 1 aliphatic carbocycles. The van der Waals surface area contributed by atoms with Crippen molar-refractivity contribution < 1.29 is 9.90 Å². The van der Waals surface area contributed by atoms with Crippen LogP contribution in [0.25, 0.3) is 16.9 Å². The number of halogens is 3. The molecule has 4 rings (SSSR count). The molecule has 7 heteroatoms. The van der Waals surface area contributed by atoms with Crippen LogP contribution in [0.1, 0.15) is 29.7 Å². The molecule has 1 aliphatic rings. The monoisotopic (exact) mass is 434 g/mol. The van der Waals surface area contributed by atoms with E-state index in [-0.39, 0.29) is 6.42 Å². The molecule has 0 radical (unpaired) electrons. The SMILES string of the molecule is O=C(O)CCc1nn(-c2ccc(Cl)cc2Cl)c2c1CCCc1ccc(Cl)cc1-2. The first kappa shape index (κ1) is 19.3. The standard InChI is InChI=1S/C21H17Cl3N2O2/c22-13-5-4-12-2-1-3-15-18(7-9-20(27)28)25-26(21(15)16(12)10-13)19-8-6-14(23)11-17(19)24/h4-6,8,10-11H,1-3,7,9H2,(H,27,28). The molecule has 0 saturated heterocycles. The Bertz CT molecular complexity index is 1080. The van der Waals surface area contributed by atoms with E-state index in [0.717, 1.165) is 41.8 Å². The van der Waals surface area contributed by atoms with E-state index in [9.17, 15) is 4.79 Å². The predicted octanol–water partition coefficient (Wildman–Crippen LogP) is 6.01. The number of carboxylic acid groups (broad SMARTS) is 1. The maximum absolute atomic E-state index is 11.1. The number of hydrogen-bond acceptors (Lipinski definition) is 2. The first-order valence-corrected chi connectivity index (χ1v) is 10.1. The topological polar surface area (TPSA) is 55.1 Å². The van der Waals surface area contributed by atoms with Gasteiger partial charge in [-0.3, -0.25) is 4.79 Å². The lowest BCUT2D eigenvalue weighted by Gasteiger charge is -2.13. The van der Waals surface area contributed by atoms with Crippen molar-refractivity contribution in [3.8, 4) is 16.9 Å². The zero-order chi connectivity index (χ0) is 19.8. The fourth-order valence-corrected chi connectivity index (χ4v) is 4.39. The van der Waals surface area contributed by atoms with Crippen LogP contribution >= 0.6 is 34.8 Å². The second kappa shape index (κ2) is 7.78. The zero-order valence-electron chi connectivity index (χ0n) is 14.9. The highest BCUT2D eigenvalue weighted by Gasteiger charge is 2.25. The second-order valence-electron chi connectivity index (χ2n) is 6.83. The Balaban J connectivity index is 1.98. The summed E-state index contributed by atoms with van der Waals surface area (Å²) in [5.74, 6) is -0.843. The summed E-state index contributed by atoms with van der Waals surface area (Å²) in [6.07, 6.45) is 3.10. The summed E-state index contributed by atoms with van der Waals surface area (Å²) in [5.41, 5.74) is 5.69. The molecular formula is C21H17Cl3N2O2. The summed E-state index contributed by atoms with van der Waals surface area (Å²) in [6, 6.07) is 11.2. The molecule has 0 amide bonds. The number of carbonyl (C=O) groups is 1. The number of benzene rings is 2. The summed E-state index contributed by atoms with van der Waals surface area (Å²) in [5, 5.41) is 15.6. The van der Waals surface area contributed by atoms with Gasteiger partial charge < -0.3 is 5.11 Å². The summed E-state index contributed by atoms with van der Waals surface area (Å²) in [6.45, 7) is 0. The van der Waals surface area contributed by atoms with Crippen LogP contribution in [0.3, 0.4) is 0 Å². The van der Waals surface area contributed by atoms with Crippen LogP contribution in [0.15, 0.2) is 36.4 Å². The number of nitrogens with zero attached hydrogens (tertiary/aromatic N) is 2. The fraction of sp³-hybridized carbons (Fsp3) is 0.238. The number of aryl methyl sites for hydroxylation is 2. The molecule has 0 spiro atoms. The van der Waals surface area contributed by atoms with Crippen molar-refractivity contribution in [3.63, 3.8) is 0 Å². The van der Waals surface area contributed by atoms with E-state index in [4.69, 9.17) is 45.0 Å². The molecule has 0 unspecified atom stereocenters. The molecule has 144 valence electrons. The van der Waals surface area contributed by atoms with E-state index in [1.54, 1.807) is 12.1 Å². The maximum atomic E-state index is 11.1. The van der Waals surface area contributed by atoms with Crippen LogP contribution in [0.5, 0.6) is 0 Å². The van der Waals surface area contributed by atoms with Crippen LogP contribution in [-0.4, -0.2) is 20.9 Å². The predicted molar refractivity (Wildman–Crippen MR) is 112 cm³/mol. The number of aliphatic carboxylic acids is 1. The number of carboxylic acids is 1. The van der Waals surface area contributed by atoms with Crippen molar-refractivity contribution >= 4 is 40.8 Å². The molecule has 0 atom stereocenters. The molecule has 2 aromatic carbocycles. The van der Waals surface area contributed by atoms with Gasteiger partial charge in [0.2, 0.25) is 0 Å². The first-order chi connectivity index (χ1) is 13.4. The highest BCUT2D eigenvalue weighted by Crippen LogP contribution is 2.39. The van der Waals surface area contributed by atoms with E-state index in [1.165, 1.54) is 5.56 Å². The highest BCUT2D eigenvalue weighted by molar-refractivity contribution is 6.35. The Hall–Kier alpha value is -2.01. The molecule has 0 fully saturated rings. The lowest BCUT2D eigenvalue weighted by molar-refractivity contribution is -0.136. The molecule has 3 aromatic rings. The van der Waals surface area contributed by atoms with Crippen molar-refractivity contribution in [2.45, 2.75) is 32.1 Å². The van der Waals surface area contributed by atoms with Crippen LogP contribution < -0.4 is 0 Å². The largest absolute Gasteiger partial charge is 0.481 e. The number of rotatable bonds is 4. The van der Waals surface area contributed by atoms with Gasteiger partial charge in [-0.15, -0.1) is 0 Å². The number of aromatic nitrogens is 2. The molecule has 0 bridgehead atoms. The maximum Gasteiger partial charge on any atom is 0.303 e. The quantitative estimate of drug-likeness (QED) is 0.546. The average Bonchev–Trinajstić information content (AvgIpc) is 2.88. The number of fused-ring (bicyclic) bond motifs is 3. The van der Waals surface area contributed by atoms with Gasteiger partial charge in [-0.05, 0) is 55.2 Å². The van der Waals surface area contributed by atoms with E-state index >= 15 is 0 Å². The molecular weight excluding hydrogens is 419 g/mol. The van der Waals surface area contributed by atoms with Crippen LogP contribution in [0, 0.1) is 0 Å². The van der Waals surface area contributed by atoms with E-state index in [1.807, 2.05) is 28.9 Å². The van der Waals surface area contributed by atoms with Gasteiger partial charge in [0.1, 0.15) is 0 Å². The Morgan fingerprint density at radius 2 is 1.82 bits per heavy atom. The normalized spacial score (nSPS) is 13.0. The summed E-state index contributed by atoms with van der Waals surface area (Å²) in [7, 11) is 0. The fourth-order valence-electron chi connectivity index (χ4n) is 3.73. The molecule has 1 N–H and O–H groups in total. The Morgan fingerprint density at radius 1 is 1.07 bits per heavy atom. The van der Waals surface area contributed by atoms with Crippen molar-refractivity contribution in [2.24, 2.45) is 0 Å². The minimum atomic E-state index is -0.843. The van der Waals surface area contributed by atoms with Gasteiger partial charge >= 0.3 is 5.97 Å². The minimum absolute atomic E-state index is 0.0280. The van der Waals surface area contributed by atoms with Gasteiger partial charge in [-0.2, -0.15) is 5.10 Å². The Labute approximate surface area is 177 Å². The molecule has 28 heavy (non-hydrogen) atoms. The zero-order valence-corrected chi connectivity index (χ0v) is 17.2. The van der Waals surface area contributed by atoms with E-state index < -0.39 is 5.97 Å². The highest BCUT2D eigenvalue weighted by atomic mass is 35.5. The smallest absolute Gasteiger partial charge is 0.303 e. The Kier molecular flexibility index (Phi) is 5.37. The third kappa shape index (κ3) is 3.64. The third-order valence-corrected chi connectivity index (χ3v) is 5.75. The van der Waals surface area contributed by atoms with Crippen molar-refractivity contribution in [1.29, 1.82) is 0 Å². The molecule has 0 saturated carbocycles. The summed E-state index contributed by atoms with van der Waals surface area (Å²) in [4.78, 5) is 11.1. The van der Waals surface area contributed by atoms with Gasteiger partial charge in [0, 0.05) is 27.6 Å². The Morgan fingerprint density at radius 3 is 2.57 bits per heavy atom. The van der Waals surface area contributed by atoms with Crippen LogP contribution in [0.4, 0.5) is 0 Å². The van der Waals surface area contributed by atoms with Crippen LogP contribution in [0.2, 0.25) is 15.1 Å². The molecule has 1 heterocycles. The van der Waals surface area contributed by atoms with Crippen LogP contribution in [-0.2, 0) is 24.1 Å². The molecule has 4 nitrogen and oxygen atoms in total.